The molecule has 0 aliphatic heterocycles. The Morgan fingerprint density at radius 1 is 1.11 bits per heavy atom. The van der Waals surface area contributed by atoms with Crippen LogP contribution in [0.1, 0.15) is 16.1 Å². The molecule has 140 valence electrons. The molecule has 7 heteroatoms. The van der Waals surface area contributed by atoms with E-state index in [0.29, 0.717) is 15.9 Å². The van der Waals surface area contributed by atoms with Crippen LogP contribution >= 0.6 is 22.9 Å². The molecule has 0 bridgehead atoms. The average molecular weight is 403 g/mol. The number of thiazole rings is 1. The van der Waals surface area contributed by atoms with Crippen LogP contribution in [0, 0.1) is 6.92 Å². The highest BCUT2D eigenvalue weighted by Crippen LogP contribution is 2.26. The van der Waals surface area contributed by atoms with Gasteiger partial charge in [0.1, 0.15) is 11.5 Å². The van der Waals surface area contributed by atoms with Crippen LogP contribution < -0.4 is 14.8 Å². The summed E-state index contributed by atoms with van der Waals surface area (Å²) in [6, 6.07) is 14.8. The van der Waals surface area contributed by atoms with Crippen molar-refractivity contribution in [3.05, 3.63) is 69.7 Å². The van der Waals surface area contributed by atoms with E-state index >= 15 is 0 Å². The molecule has 0 aliphatic carbocycles. The van der Waals surface area contributed by atoms with E-state index in [1.807, 2.05) is 31.2 Å². The Kier molecular flexibility index (Phi) is 6.32. The Morgan fingerprint density at radius 2 is 1.78 bits per heavy atom. The lowest BCUT2D eigenvalue weighted by molar-refractivity contribution is -0.118. The zero-order valence-electron chi connectivity index (χ0n) is 15.0. The topological polar surface area (TPSA) is 60.5 Å². The minimum Gasteiger partial charge on any atom is -0.497 e. The van der Waals surface area contributed by atoms with Crippen molar-refractivity contribution in [1.29, 1.82) is 0 Å². The highest BCUT2D eigenvalue weighted by atomic mass is 35.5. The first-order chi connectivity index (χ1) is 13.0. The van der Waals surface area contributed by atoms with Crippen LogP contribution in [0.5, 0.6) is 11.5 Å². The molecule has 1 amide bonds. The molecule has 0 spiro atoms. The Bertz CT molecular complexity index is 908. The number of halogens is 1. The van der Waals surface area contributed by atoms with Gasteiger partial charge in [0.2, 0.25) is 0 Å². The van der Waals surface area contributed by atoms with E-state index in [-0.39, 0.29) is 12.5 Å². The molecular weight excluding hydrogens is 384 g/mol. The van der Waals surface area contributed by atoms with Gasteiger partial charge in [-0.15, -0.1) is 11.3 Å². The number of amides is 1. The highest BCUT2D eigenvalue weighted by molar-refractivity contribution is 7.15. The van der Waals surface area contributed by atoms with Crippen molar-refractivity contribution in [2.75, 3.05) is 19.0 Å². The fourth-order valence-corrected chi connectivity index (χ4v) is 3.55. The van der Waals surface area contributed by atoms with Gasteiger partial charge in [0.25, 0.3) is 5.91 Å². The smallest absolute Gasteiger partial charge is 0.264 e. The molecule has 0 saturated carbocycles. The van der Waals surface area contributed by atoms with Crippen LogP contribution in [-0.4, -0.2) is 24.6 Å². The Balaban J connectivity index is 1.56. The van der Waals surface area contributed by atoms with Gasteiger partial charge < -0.3 is 9.47 Å². The number of hydrogen-bond donors (Lipinski definition) is 1. The van der Waals surface area contributed by atoms with E-state index in [1.165, 1.54) is 11.3 Å². The molecule has 0 saturated heterocycles. The molecule has 3 aromatic rings. The molecule has 0 fully saturated rings. The lowest BCUT2D eigenvalue weighted by Gasteiger charge is -2.05. The average Bonchev–Trinajstić information content (AvgIpc) is 3.00. The number of benzene rings is 2. The van der Waals surface area contributed by atoms with Crippen molar-refractivity contribution in [2.45, 2.75) is 13.3 Å². The molecule has 0 radical (unpaired) electrons. The fraction of sp³-hybridized carbons (Fsp3) is 0.200. The molecule has 0 unspecified atom stereocenters. The maximum Gasteiger partial charge on any atom is 0.264 e. The first-order valence-electron chi connectivity index (χ1n) is 8.31. The fourth-order valence-electron chi connectivity index (χ4n) is 2.41. The van der Waals surface area contributed by atoms with E-state index in [9.17, 15) is 4.79 Å². The van der Waals surface area contributed by atoms with Gasteiger partial charge >= 0.3 is 0 Å². The molecule has 1 heterocycles. The number of carbonyl (C=O) groups excluding carboxylic acids is 1. The van der Waals surface area contributed by atoms with Crippen LogP contribution in [0.4, 0.5) is 5.13 Å². The Morgan fingerprint density at radius 3 is 2.44 bits per heavy atom. The molecule has 1 aromatic heterocycles. The highest BCUT2D eigenvalue weighted by Gasteiger charge is 2.12. The van der Waals surface area contributed by atoms with Crippen molar-refractivity contribution in [1.82, 2.24) is 4.98 Å². The summed E-state index contributed by atoms with van der Waals surface area (Å²) in [6.45, 7) is 1.85. The largest absolute Gasteiger partial charge is 0.497 e. The van der Waals surface area contributed by atoms with Crippen molar-refractivity contribution < 1.29 is 14.3 Å². The summed E-state index contributed by atoms with van der Waals surface area (Å²) in [5, 5.41) is 3.98. The molecule has 0 atom stereocenters. The van der Waals surface area contributed by atoms with Gasteiger partial charge in [-0.05, 0) is 48.9 Å². The third kappa shape index (κ3) is 5.45. The van der Waals surface area contributed by atoms with E-state index < -0.39 is 0 Å². The Labute approximate surface area is 166 Å². The number of aromatic nitrogens is 1. The number of ether oxygens (including phenoxy) is 2. The number of rotatable bonds is 7. The van der Waals surface area contributed by atoms with Gasteiger partial charge in [0.05, 0.1) is 12.8 Å². The SMILES string of the molecule is COc1ccc(Cc2sc(NC(=O)COc3ccc(Cl)cc3)nc2C)cc1. The third-order valence-electron chi connectivity index (χ3n) is 3.85. The van der Waals surface area contributed by atoms with Crippen molar-refractivity contribution in [2.24, 2.45) is 0 Å². The predicted molar refractivity (Wildman–Crippen MR) is 108 cm³/mol. The third-order valence-corrected chi connectivity index (χ3v) is 5.17. The van der Waals surface area contributed by atoms with Gasteiger partial charge in [-0.1, -0.05) is 23.7 Å². The molecule has 3 rings (SSSR count). The standard InChI is InChI=1S/C20H19ClN2O3S/c1-13-18(11-14-3-7-16(25-2)8-4-14)27-20(22-13)23-19(24)12-26-17-9-5-15(21)6-10-17/h3-10H,11-12H2,1-2H3,(H,22,23,24). The maximum absolute atomic E-state index is 12.1. The quantitative estimate of drug-likeness (QED) is 0.621. The first kappa shape index (κ1) is 19.2. The van der Waals surface area contributed by atoms with Gasteiger partial charge in [-0.2, -0.15) is 0 Å². The predicted octanol–water partition coefficient (Wildman–Crippen LogP) is 4.72. The second-order valence-corrected chi connectivity index (χ2v) is 7.36. The lowest BCUT2D eigenvalue weighted by Crippen LogP contribution is -2.20. The first-order valence-corrected chi connectivity index (χ1v) is 9.50. The number of aryl methyl sites for hydroxylation is 1. The van der Waals surface area contributed by atoms with E-state index in [2.05, 4.69) is 10.3 Å². The number of nitrogens with one attached hydrogen (secondary N) is 1. The van der Waals surface area contributed by atoms with Crippen LogP contribution in [0.25, 0.3) is 0 Å². The summed E-state index contributed by atoms with van der Waals surface area (Å²) in [6.07, 6.45) is 0.755. The van der Waals surface area contributed by atoms with E-state index in [1.54, 1.807) is 31.4 Å². The monoisotopic (exact) mass is 402 g/mol. The maximum atomic E-state index is 12.1. The summed E-state index contributed by atoms with van der Waals surface area (Å²) >= 11 is 7.29. The molecule has 27 heavy (non-hydrogen) atoms. The Hall–Kier alpha value is -2.57. The molecule has 1 N–H and O–H groups in total. The second-order valence-electron chi connectivity index (χ2n) is 5.84. The minimum absolute atomic E-state index is 0.0892. The minimum atomic E-state index is -0.255. The molecule has 5 nitrogen and oxygen atoms in total. The van der Waals surface area contributed by atoms with E-state index in [0.717, 1.165) is 28.3 Å². The number of nitrogens with zero attached hydrogens (tertiary/aromatic N) is 1. The molecule has 0 aliphatic rings. The van der Waals surface area contributed by atoms with Crippen molar-refractivity contribution >= 4 is 34.0 Å². The van der Waals surface area contributed by atoms with Crippen LogP contribution in [0.2, 0.25) is 5.02 Å². The van der Waals surface area contributed by atoms with Crippen LogP contribution in [0.3, 0.4) is 0 Å². The van der Waals surface area contributed by atoms with Crippen LogP contribution in [0.15, 0.2) is 48.5 Å². The van der Waals surface area contributed by atoms with Gasteiger partial charge in [0, 0.05) is 16.3 Å². The molecular formula is C20H19ClN2O3S. The number of methoxy groups -OCH3 is 1. The van der Waals surface area contributed by atoms with Gasteiger partial charge in [0.15, 0.2) is 11.7 Å². The van der Waals surface area contributed by atoms with E-state index in [4.69, 9.17) is 21.1 Å². The van der Waals surface area contributed by atoms with Gasteiger partial charge in [-0.3, -0.25) is 10.1 Å². The zero-order valence-corrected chi connectivity index (χ0v) is 16.6. The zero-order chi connectivity index (χ0) is 19.2. The number of anilines is 1. The van der Waals surface area contributed by atoms with Crippen molar-refractivity contribution in [3.8, 4) is 11.5 Å². The normalized spacial score (nSPS) is 10.5. The molecule has 2 aromatic carbocycles. The van der Waals surface area contributed by atoms with Crippen molar-refractivity contribution in [3.63, 3.8) is 0 Å². The summed E-state index contributed by atoms with van der Waals surface area (Å²) in [5.41, 5.74) is 2.07. The summed E-state index contributed by atoms with van der Waals surface area (Å²) in [7, 11) is 1.65. The number of hydrogen-bond acceptors (Lipinski definition) is 5. The number of carbonyl (C=O) groups is 1. The lowest BCUT2D eigenvalue weighted by atomic mass is 10.1. The summed E-state index contributed by atoms with van der Waals surface area (Å²) < 4.78 is 10.6. The summed E-state index contributed by atoms with van der Waals surface area (Å²) in [4.78, 5) is 17.6. The second kappa shape index (κ2) is 8.88. The van der Waals surface area contributed by atoms with Gasteiger partial charge in [-0.25, -0.2) is 4.98 Å². The summed E-state index contributed by atoms with van der Waals surface area (Å²) in [5.74, 6) is 1.16. The van der Waals surface area contributed by atoms with Crippen LogP contribution in [-0.2, 0) is 11.2 Å².